The molecule has 3 aromatic rings. The minimum Gasteiger partial charge on any atom is -0.399 e. The van der Waals surface area contributed by atoms with Gasteiger partial charge < -0.3 is 5.73 Å². The number of benzene rings is 1. The Morgan fingerprint density at radius 1 is 1.12 bits per heavy atom. The van der Waals surface area contributed by atoms with Crippen molar-refractivity contribution >= 4 is 50.2 Å². The number of nitrogens with zero attached hydrogens (tertiary/aromatic N) is 1. The van der Waals surface area contributed by atoms with Crippen molar-refractivity contribution in [3.63, 3.8) is 0 Å². The molecule has 2 N–H and O–H groups in total. The van der Waals surface area contributed by atoms with E-state index in [1.54, 1.807) is 22.7 Å². The number of thiophene rings is 1. The summed E-state index contributed by atoms with van der Waals surface area (Å²) in [7, 11) is 0. The molecule has 0 unspecified atom stereocenters. The number of fused-ring (bicyclic) bond motifs is 1. The summed E-state index contributed by atoms with van der Waals surface area (Å²) in [6.07, 6.45) is 0. The second-order valence-corrected chi connectivity index (χ2v) is 6.10. The molecule has 0 atom stereocenters. The number of nitrogen functional groups attached to an aromatic ring is 1. The second-order valence-electron chi connectivity index (χ2n) is 3.35. The van der Waals surface area contributed by atoms with E-state index in [0.717, 1.165) is 30.1 Å². The van der Waals surface area contributed by atoms with Crippen LogP contribution in [0.15, 0.2) is 30.3 Å². The number of hydrogen-bond acceptors (Lipinski definition) is 4. The molecule has 1 aromatic carbocycles. The lowest BCUT2D eigenvalue weighted by molar-refractivity contribution is 1.50. The van der Waals surface area contributed by atoms with Crippen molar-refractivity contribution in [1.82, 2.24) is 4.98 Å². The van der Waals surface area contributed by atoms with Gasteiger partial charge in [-0.25, -0.2) is 4.98 Å². The minimum absolute atomic E-state index is 0.770. The van der Waals surface area contributed by atoms with Crippen LogP contribution in [0.25, 0.3) is 20.1 Å². The molecule has 2 nitrogen and oxygen atoms in total. The zero-order chi connectivity index (χ0) is 11.1. The average molecular weight is 267 g/mol. The van der Waals surface area contributed by atoms with E-state index >= 15 is 0 Å². The van der Waals surface area contributed by atoms with E-state index in [-0.39, 0.29) is 0 Å². The van der Waals surface area contributed by atoms with Crippen molar-refractivity contribution < 1.29 is 0 Å². The van der Waals surface area contributed by atoms with Crippen LogP contribution in [0, 0.1) is 0 Å². The Balaban J connectivity index is 2.18. The molecule has 2 aromatic heterocycles. The van der Waals surface area contributed by atoms with Crippen molar-refractivity contribution in [2.45, 2.75) is 0 Å². The number of aromatic nitrogens is 1. The molecule has 0 saturated heterocycles. The topological polar surface area (TPSA) is 38.9 Å². The van der Waals surface area contributed by atoms with E-state index in [9.17, 15) is 0 Å². The van der Waals surface area contributed by atoms with Gasteiger partial charge in [-0.1, -0.05) is 11.6 Å². The summed E-state index contributed by atoms with van der Waals surface area (Å²) in [6.45, 7) is 0. The zero-order valence-electron chi connectivity index (χ0n) is 8.11. The molecule has 0 radical (unpaired) electrons. The largest absolute Gasteiger partial charge is 0.399 e. The molecule has 80 valence electrons. The van der Waals surface area contributed by atoms with Crippen molar-refractivity contribution in [2.24, 2.45) is 0 Å². The zero-order valence-corrected chi connectivity index (χ0v) is 10.5. The van der Waals surface area contributed by atoms with Gasteiger partial charge in [0.25, 0.3) is 0 Å². The molecule has 0 aliphatic carbocycles. The molecule has 16 heavy (non-hydrogen) atoms. The summed E-state index contributed by atoms with van der Waals surface area (Å²) in [5.41, 5.74) is 7.49. The lowest BCUT2D eigenvalue weighted by Gasteiger charge is -1.89. The van der Waals surface area contributed by atoms with Gasteiger partial charge in [-0.05, 0) is 30.3 Å². The predicted octanol–water partition coefficient (Wildman–Crippen LogP) is 4.26. The lowest BCUT2D eigenvalue weighted by Crippen LogP contribution is -1.81. The first-order chi connectivity index (χ1) is 7.72. The van der Waals surface area contributed by atoms with Gasteiger partial charge in [0, 0.05) is 5.69 Å². The van der Waals surface area contributed by atoms with E-state index in [0.29, 0.717) is 0 Å². The monoisotopic (exact) mass is 266 g/mol. The summed E-state index contributed by atoms with van der Waals surface area (Å²) >= 11 is 9.09. The lowest BCUT2D eigenvalue weighted by atomic mass is 10.3. The smallest absolute Gasteiger partial charge is 0.134 e. The fourth-order valence-corrected chi connectivity index (χ4v) is 3.59. The summed E-state index contributed by atoms with van der Waals surface area (Å²) in [5.74, 6) is 0. The minimum atomic E-state index is 0.770. The Kier molecular flexibility index (Phi) is 2.35. The maximum Gasteiger partial charge on any atom is 0.134 e. The maximum absolute atomic E-state index is 5.91. The van der Waals surface area contributed by atoms with E-state index in [1.165, 1.54) is 0 Å². The quantitative estimate of drug-likeness (QED) is 0.669. The highest BCUT2D eigenvalue weighted by Gasteiger charge is 2.08. The van der Waals surface area contributed by atoms with E-state index in [4.69, 9.17) is 17.3 Å². The Morgan fingerprint density at radius 2 is 2.00 bits per heavy atom. The third-order valence-corrected chi connectivity index (χ3v) is 4.62. The Morgan fingerprint density at radius 3 is 2.75 bits per heavy atom. The normalized spacial score (nSPS) is 11.1. The van der Waals surface area contributed by atoms with Crippen LogP contribution in [0.2, 0.25) is 4.34 Å². The molecule has 0 aliphatic rings. The molecular weight excluding hydrogens is 260 g/mol. The van der Waals surface area contributed by atoms with Crippen LogP contribution < -0.4 is 5.73 Å². The molecular formula is C11H7ClN2S2. The van der Waals surface area contributed by atoms with E-state index in [2.05, 4.69) is 4.98 Å². The summed E-state index contributed by atoms with van der Waals surface area (Å²) in [6, 6.07) is 9.65. The van der Waals surface area contributed by atoms with Crippen LogP contribution in [-0.4, -0.2) is 4.98 Å². The van der Waals surface area contributed by atoms with Crippen molar-refractivity contribution in [3.05, 3.63) is 34.7 Å². The number of hydrogen-bond donors (Lipinski definition) is 1. The Hall–Kier alpha value is -1.10. The fraction of sp³-hybridized carbons (Fsp3) is 0. The van der Waals surface area contributed by atoms with Crippen LogP contribution in [0.1, 0.15) is 0 Å². The van der Waals surface area contributed by atoms with Crippen molar-refractivity contribution in [1.29, 1.82) is 0 Å². The second kappa shape index (κ2) is 3.73. The highest BCUT2D eigenvalue weighted by Crippen LogP contribution is 2.36. The van der Waals surface area contributed by atoms with Crippen molar-refractivity contribution in [3.8, 4) is 9.88 Å². The third-order valence-electron chi connectivity index (χ3n) is 2.20. The molecule has 0 aliphatic heterocycles. The molecule has 0 fully saturated rings. The van der Waals surface area contributed by atoms with Gasteiger partial charge in [-0.3, -0.25) is 0 Å². The molecule has 0 spiro atoms. The van der Waals surface area contributed by atoms with Gasteiger partial charge in [0.2, 0.25) is 0 Å². The highest BCUT2D eigenvalue weighted by atomic mass is 35.5. The van der Waals surface area contributed by atoms with Gasteiger partial charge in [0.15, 0.2) is 0 Å². The Bertz CT molecular complexity index is 657. The van der Waals surface area contributed by atoms with Crippen LogP contribution in [0.4, 0.5) is 5.69 Å². The number of halogens is 1. The highest BCUT2D eigenvalue weighted by molar-refractivity contribution is 7.26. The number of anilines is 1. The predicted molar refractivity (Wildman–Crippen MR) is 72.4 cm³/mol. The van der Waals surface area contributed by atoms with Crippen LogP contribution in [0.3, 0.4) is 0 Å². The third kappa shape index (κ3) is 1.69. The van der Waals surface area contributed by atoms with E-state index in [1.807, 2.05) is 30.3 Å². The first kappa shape index (κ1) is 10.1. The standard InChI is InChI=1S/C11H7ClN2S2/c12-10-4-3-8(15-10)11-14-7-2-1-6(13)5-9(7)16-11/h1-5H,13H2. The summed E-state index contributed by atoms with van der Waals surface area (Å²) in [5, 5.41) is 0.998. The first-order valence-corrected chi connectivity index (χ1v) is 6.65. The molecule has 0 amide bonds. The van der Waals surface area contributed by atoms with Gasteiger partial charge in [0.05, 0.1) is 19.4 Å². The van der Waals surface area contributed by atoms with Gasteiger partial charge in [-0.2, -0.15) is 0 Å². The van der Waals surface area contributed by atoms with Gasteiger partial charge in [-0.15, -0.1) is 22.7 Å². The molecule has 5 heteroatoms. The van der Waals surface area contributed by atoms with Crippen LogP contribution in [-0.2, 0) is 0 Å². The summed E-state index contributed by atoms with van der Waals surface area (Å²) < 4.78 is 1.90. The van der Waals surface area contributed by atoms with E-state index < -0.39 is 0 Å². The summed E-state index contributed by atoms with van der Waals surface area (Å²) in [4.78, 5) is 5.65. The molecule has 3 rings (SSSR count). The number of thiazole rings is 1. The molecule has 0 bridgehead atoms. The number of rotatable bonds is 1. The SMILES string of the molecule is Nc1ccc2nc(-c3ccc(Cl)s3)sc2c1. The number of nitrogens with two attached hydrogens (primary N) is 1. The van der Waals surface area contributed by atoms with Crippen molar-refractivity contribution in [2.75, 3.05) is 5.73 Å². The van der Waals surface area contributed by atoms with Gasteiger partial charge in [0.1, 0.15) is 5.01 Å². The average Bonchev–Trinajstić information content (AvgIpc) is 2.83. The first-order valence-electron chi connectivity index (χ1n) is 4.64. The van der Waals surface area contributed by atoms with Gasteiger partial charge >= 0.3 is 0 Å². The van der Waals surface area contributed by atoms with Crippen LogP contribution in [0.5, 0.6) is 0 Å². The fourth-order valence-electron chi connectivity index (χ4n) is 1.48. The Labute approximate surface area is 105 Å². The molecule has 0 saturated carbocycles. The molecule has 2 heterocycles. The van der Waals surface area contributed by atoms with Crippen LogP contribution >= 0.6 is 34.3 Å². The maximum atomic E-state index is 5.91.